The predicted octanol–water partition coefficient (Wildman–Crippen LogP) is 5.51. The number of fused-ring (bicyclic) bond motifs is 2. The Hall–Kier alpha value is -4.18. The number of nitrogens with one attached hydrogen (secondary N) is 2. The van der Waals surface area contributed by atoms with Crippen LogP contribution in [0.1, 0.15) is 68.9 Å². The Kier molecular flexibility index (Phi) is 9.53. The van der Waals surface area contributed by atoms with Crippen LogP contribution in [0.4, 0.5) is 17.6 Å². The number of aliphatic hydroxyl groups is 2. The van der Waals surface area contributed by atoms with E-state index in [0.717, 1.165) is 18.2 Å². The van der Waals surface area contributed by atoms with Crippen molar-refractivity contribution in [3.8, 4) is 22.8 Å². The Bertz CT molecular complexity index is 1980. The minimum Gasteiger partial charge on any atom is -0.494 e. The number of hydrogen-bond donors (Lipinski definition) is 4. The molecule has 1 amide bonds. The zero-order valence-corrected chi connectivity index (χ0v) is 29.3. The third-order valence-electron chi connectivity index (χ3n) is 8.33. The van der Waals surface area contributed by atoms with E-state index in [2.05, 4.69) is 20.0 Å². The fourth-order valence-corrected chi connectivity index (χ4v) is 6.20. The van der Waals surface area contributed by atoms with E-state index in [4.69, 9.17) is 9.47 Å². The van der Waals surface area contributed by atoms with Gasteiger partial charge in [-0.05, 0) is 90.1 Å². The van der Waals surface area contributed by atoms with Gasteiger partial charge in [0.25, 0.3) is 5.91 Å². The number of carbonyl (C=O) groups is 1. The molecule has 10 nitrogen and oxygen atoms in total. The molecule has 5 rings (SSSR count). The standard InChI is InChI=1S/C35H38F4N4O6S/c1-31(2,3)50(47)43-33(6)18-49-29-23(33)16-26(42-28(29)19-8-11-22(36)12-9-19)34(46,35(37,38)39)17-40-30(44)21-14-20-10-13-25(32(4,5)45)41-27(20)24(15-21)48-7/h8-16,43,45-46H,17-18H2,1-7H3,(H,40,44)/t33-,34?,50?/m1/s1. The van der Waals surface area contributed by atoms with E-state index in [1.807, 2.05) is 0 Å². The van der Waals surface area contributed by atoms with Crippen molar-refractivity contribution in [1.82, 2.24) is 20.0 Å². The van der Waals surface area contributed by atoms with Crippen LogP contribution in [0.15, 0.2) is 54.6 Å². The highest BCUT2D eigenvalue weighted by Gasteiger charge is 2.57. The van der Waals surface area contributed by atoms with Gasteiger partial charge >= 0.3 is 6.18 Å². The van der Waals surface area contributed by atoms with Crippen molar-refractivity contribution in [2.45, 2.75) is 69.2 Å². The summed E-state index contributed by atoms with van der Waals surface area (Å²) < 4.78 is 85.4. The van der Waals surface area contributed by atoms with Gasteiger partial charge in [0.05, 0.1) is 46.3 Å². The van der Waals surface area contributed by atoms with E-state index >= 15 is 0 Å². The second kappa shape index (κ2) is 12.9. The number of methoxy groups -OCH3 is 1. The molecular weight excluding hydrogens is 680 g/mol. The summed E-state index contributed by atoms with van der Waals surface area (Å²) in [6.07, 6.45) is -5.36. The minimum atomic E-state index is -5.36. The number of nitrogens with zero attached hydrogens (tertiary/aromatic N) is 2. The Morgan fingerprint density at radius 3 is 2.24 bits per heavy atom. The number of pyridine rings is 2. The molecule has 1 aliphatic rings. The minimum absolute atomic E-state index is 0.0689. The molecule has 1 aliphatic heterocycles. The lowest BCUT2D eigenvalue weighted by molar-refractivity contribution is -0.265. The van der Waals surface area contributed by atoms with E-state index < -0.39 is 62.6 Å². The van der Waals surface area contributed by atoms with Crippen LogP contribution in [0, 0.1) is 5.82 Å². The Morgan fingerprint density at radius 1 is 1.00 bits per heavy atom. The first-order valence-electron chi connectivity index (χ1n) is 15.5. The van der Waals surface area contributed by atoms with Gasteiger partial charge in [0.15, 0.2) is 5.75 Å². The first-order valence-corrected chi connectivity index (χ1v) is 16.7. The average Bonchev–Trinajstić information content (AvgIpc) is 3.36. The molecular formula is C35H38F4N4O6S. The average molecular weight is 719 g/mol. The van der Waals surface area contributed by atoms with E-state index in [9.17, 15) is 36.8 Å². The smallest absolute Gasteiger partial charge is 0.424 e. The molecule has 0 bridgehead atoms. The summed E-state index contributed by atoms with van der Waals surface area (Å²) in [7, 11) is -0.359. The van der Waals surface area contributed by atoms with Gasteiger partial charge < -0.3 is 25.0 Å². The summed E-state index contributed by atoms with van der Waals surface area (Å²) in [6.45, 7) is 8.37. The van der Waals surface area contributed by atoms with E-state index in [1.165, 1.54) is 31.4 Å². The second-order valence-corrected chi connectivity index (χ2v) is 15.9. The van der Waals surface area contributed by atoms with Crippen LogP contribution >= 0.6 is 0 Å². The number of hydrogen-bond acceptors (Lipinski definition) is 8. The molecule has 0 saturated carbocycles. The van der Waals surface area contributed by atoms with Crippen molar-refractivity contribution < 1.29 is 46.3 Å². The van der Waals surface area contributed by atoms with Gasteiger partial charge in [-0.1, -0.05) is 6.07 Å². The fourth-order valence-electron chi connectivity index (χ4n) is 5.32. The monoisotopic (exact) mass is 718 g/mol. The lowest BCUT2D eigenvalue weighted by Crippen LogP contribution is -2.52. The maximum atomic E-state index is 15.0. The molecule has 4 aromatic rings. The van der Waals surface area contributed by atoms with Crippen molar-refractivity contribution in [3.05, 3.63) is 82.9 Å². The highest BCUT2D eigenvalue weighted by molar-refractivity contribution is 7.84. The van der Waals surface area contributed by atoms with E-state index in [-0.39, 0.29) is 40.5 Å². The molecule has 0 radical (unpaired) electrons. The Balaban J connectivity index is 1.57. The maximum absolute atomic E-state index is 15.0. The quantitative estimate of drug-likeness (QED) is 0.166. The van der Waals surface area contributed by atoms with Gasteiger partial charge in [-0.3, -0.25) is 4.79 Å². The number of ether oxygens (including phenoxy) is 2. The summed E-state index contributed by atoms with van der Waals surface area (Å²) in [5, 5.41) is 24.5. The molecule has 2 unspecified atom stereocenters. The molecule has 50 heavy (non-hydrogen) atoms. The molecule has 0 spiro atoms. The summed E-state index contributed by atoms with van der Waals surface area (Å²) >= 11 is 0. The van der Waals surface area contributed by atoms with Crippen LogP contribution in [0.25, 0.3) is 22.2 Å². The summed E-state index contributed by atoms with van der Waals surface area (Å²) in [5.74, 6) is -1.36. The molecule has 3 heterocycles. The molecule has 2 aromatic carbocycles. The number of benzene rings is 2. The molecule has 0 aliphatic carbocycles. The molecule has 268 valence electrons. The third-order valence-corrected chi connectivity index (χ3v) is 10.1. The zero-order valence-electron chi connectivity index (χ0n) is 28.5. The van der Waals surface area contributed by atoms with Crippen molar-refractivity contribution in [2.24, 2.45) is 0 Å². The number of amides is 1. The number of carbonyl (C=O) groups excluding carboxylic acids is 1. The first-order chi connectivity index (χ1) is 23.1. The van der Waals surface area contributed by atoms with Crippen LogP contribution in [0.3, 0.4) is 0 Å². The van der Waals surface area contributed by atoms with Gasteiger partial charge in [-0.2, -0.15) is 13.2 Å². The third kappa shape index (κ3) is 7.04. The van der Waals surface area contributed by atoms with Gasteiger partial charge in [-0.15, -0.1) is 0 Å². The highest BCUT2D eigenvalue weighted by atomic mass is 32.2. The van der Waals surface area contributed by atoms with Crippen LogP contribution < -0.4 is 19.5 Å². The van der Waals surface area contributed by atoms with Crippen molar-refractivity contribution in [2.75, 3.05) is 20.3 Å². The fraction of sp³-hybridized carbons (Fsp3) is 0.400. The number of alkyl halides is 3. The summed E-state index contributed by atoms with van der Waals surface area (Å²) in [4.78, 5) is 22.0. The van der Waals surface area contributed by atoms with Gasteiger partial charge in [0.2, 0.25) is 5.60 Å². The number of halogens is 4. The summed E-state index contributed by atoms with van der Waals surface area (Å²) in [5.41, 5.74) is -6.40. The largest absolute Gasteiger partial charge is 0.494 e. The Morgan fingerprint density at radius 2 is 1.66 bits per heavy atom. The van der Waals surface area contributed by atoms with E-state index in [1.54, 1.807) is 53.7 Å². The van der Waals surface area contributed by atoms with E-state index in [0.29, 0.717) is 16.6 Å². The van der Waals surface area contributed by atoms with Crippen LogP contribution in [-0.4, -0.2) is 61.5 Å². The maximum Gasteiger partial charge on any atom is 0.424 e. The lowest BCUT2D eigenvalue weighted by atomic mass is 9.89. The van der Waals surface area contributed by atoms with Crippen molar-refractivity contribution in [1.29, 1.82) is 0 Å². The topological polar surface area (TPSA) is 143 Å². The predicted molar refractivity (Wildman–Crippen MR) is 179 cm³/mol. The zero-order chi connectivity index (χ0) is 37.0. The Labute approximate surface area is 288 Å². The van der Waals surface area contributed by atoms with Gasteiger partial charge in [0.1, 0.15) is 35.0 Å². The SMILES string of the molecule is COc1cc(C(=O)NCC(O)(c2cc3c(c(-c4ccc(F)cc4)n2)OC[C@@]3(C)NS(=O)C(C)(C)C)C(F)(F)F)cc2ccc(C(C)(C)O)nc12. The lowest BCUT2D eigenvalue weighted by Gasteiger charge is -2.32. The molecule has 0 fully saturated rings. The van der Waals surface area contributed by atoms with Crippen LogP contribution in [0.5, 0.6) is 11.5 Å². The molecule has 4 N–H and O–H groups in total. The highest BCUT2D eigenvalue weighted by Crippen LogP contribution is 2.47. The van der Waals surface area contributed by atoms with Crippen LogP contribution in [0.2, 0.25) is 0 Å². The number of aromatic nitrogens is 2. The summed E-state index contributed by atoms with van der Waals surface area (Å²) in [6, 6.07) is 11.7. The van der Waals surface area contributed by atoms with Crippen molar-refractivity contribution in [3.63, 3.8) is 0 Å². The molecule has 2 aromatic heterocycles. The first kappa shape index (κ1) is 37.1. The molecule has 3 atom stereocenters. The van der Waals surface area contributed by atoms with Gasteiger partial charge in [0, 0.05) is 22.1 Å². The normalized spacial score (nSPS) is 18.3. The van der Waals surface area contributed by atoms with Crippen molar-refractivity contribution >= 4 is 27.8 Å². The van der Waals surface area contributed by atoms with Crippen LogP contribution in [-0.2, 0) is 27.7 Å². The second-order valence-electron chi connectivity index (χ2n) is 13.9. The van der Waals surface area contributed by atoms with Gasteiger partial charge in [-0.25, -0.2) is 23.3 Å². The molecule has 0 saturated heterocycles. The molecule has 15 heteroatoms. The number of rotatable bonds is 9.